The highest BCUT2D eigenvalue weighted by atomic mass is 32.1. The third kappa shape index (κ3) is 2.55. The topological polar surface area (TPSA) is 100 Å². The van der Waals surface area contributed by atoms with E-state index < -0.39 is 6.04 Å². The first-order chi connectivity index (χ1) is 9.54. The third-order valence-corrected chi connectivity index (χ3v) is 4.50. The molecule has 1 saturated heterocycles. The van der Waals surface area contributed by atoms with Gasteiger partial charge in [0.15, 0.2) is 5.13 Å². The Morgan fingerprint density at radius 1 is 1.45 bits per heavy atom. The van der Waals surface area contributed by atoms with Crippen LogP contribution in [0.1, 0.15) is 28.9 Å². The molecule has 0 aromatic carbocycles. The molecule has 1 aliphatic heterocycles. The first-order valence-corrected chi connectivity index (χ1v) is 7.45. The van der Waals surface area contributed by atoms with Crippen molar-refractivity contribution in [1.82, 2.24) is 15.2 Å². The van der Waals surface area contributed by atoms with Gasteiger partial charge in [0.2, 0.25) is 5.91 Å². The van der Waals surface area contributed by atoms with Gasteiger partial charge in [-0.05, 0) is 19.3 Å². The van der Waals surface area contributed by atoms with Gasteiger partial charge in [0.25, 0.3) is 5.91 Å². The second-order valence-electron chi connectivity index (χ2n) is 5.23. The number of nitrogen functional groups attached to an aromatic ring is 1. The molecular formula is C12H17N5O2S. The summed E-state index contributed by atoms with van der Waals surface area (Å²) in [5.74, 6) is -0.162. The summed E-state index contributed by atoms with van der Waals surface area (Å²) >= 11 is 1.24. The number of carbonyl (C=O) groups is 2. The molecule has 1 aromatic rings. The van der Waals surface area contributed by atoms with Gasteiger partial charge in [-0.3, -0.25) is 9.59 Å². The number of anilines is 2. The molecule has 7 nitrogen and oxygen atoms in total. The monoisotopic (exact) mass is 295 g/mol. The van der Waals surface area contributed by atoms with E-state index in [-0.39, 0.29) is 17.6 Å². The zero-order valence-electron chi connectivity index (χ0n) is 11.2. The van der Waals surface area contributed by atoms with Crippen LogP contribution < -0.4 is 16.4 Å². The van der Waals surface area contributed by atoms with Crippen molar-refractivity contribution in [3.05, 3.63) is 4.88 Å². The van der Waals surface area contributed by atoms with Crippen LogP contribution in [0.3, 0.4) is 0 Å². The standard InChI is InChI=1S/C12H17N5O2S/c1-17-5-4-7(11(17)19)15-10(18)8-9(13)16-12(20-8)14-6-2-3-6/h6-7H,2-5,13H2,1H3,(H,14,16)(H,15,18). The van der Waals surface area contributed by atoms with Crippen molar-refractivity contribution >= 4 is 34.1 Å². The Morgan fingerprint density at radius 3 is 2.80 bits per heavy atom. The van der Waals surface area contributed by atoms with Crippen LogP contribution in [0.25, 0.3) is 0 Å². The smallest absolute Gasteiger partial charge is 0.265 e. The summed E-state index contributed by atoms with van der Waals surface area (Å²) in [6, 6.07) is 0.00959. The summed E-state index contributed by atoms with van der Waals surface area (Å²) in [7, 11) is 1.73. The van der Waals surface area contributed by atoms with Gasteiger partial charge in [0.05, 0.1) is 0 Å². The normalized spacial score (nSPS) is 22.1. The zero-order chi connectivity index (χ0) is 14.3. The molecule has 0 spiro atoms. The van der Waals surface area contributed by atoms with E-state index in [0.717, 1.165) is 12.8 Å². The molecule has 1 atom stereocenters. The minimum Gasteiger partial charge on any atom is -0.382 e. The lowest BCUT2D eigenvalue weighted by Gasteiger charge is -2.11. The predicted molar refractivity (Wildman–Crippen MR) is 76.7 cm³/mol. The Labute approximate surface area is 120 Å². The number of aromatic nitrogens is 1. The highest BCUT2D eigenvalue weighted by Gasteiger charge is 2.31. The van der Waals surface area contributed by atoms with Crippen molar-refractivity contribution in [3.8, 4) is 0 Å². The van der Waals surface area contributed by atoms with Gasteiger partial charge < -0.3 is 21.3 Å². The van der Waals surface area contributed by atoms with Crippen LogP contribution in [0.15, 0.2) is 0 Å². The molecule has 0 bridgehead atoms. The van der Waals surface area contributed by atoms with Crippen LogP contribution in [-0.2, 0) is 4.79 Å². The first kappa shape index (κ1) is 13.2. The van der Waals surface area contributed by atoms with Crippen LogP contribution in [0.4, 0.5) is 10.9 Å². The maximum atomic E-state index is 12.2. The number of likely N-dealkylation sites (tertiary alicyclic amines) is 1. The summed E-state index contributed by atoms with van der Waals surface area (Å²) in [6.45, 7) is 0.663. The second kappa shape index (κ2) is 4.93. The molecule has 20 heavy (non-hydrogen) atoms. The lowest BCUT2D eigenvalue weighted by Crippen LogP contribution is -2.40. The van der Waals surface area contributed by atoms with Crippen molar-refractivity contribution in [2.75, 3.05) is 24.6 Å². The van der Waals surface area contributed by atoms with Crippen molar-refractivity contribution in [1.29, 1.82) is 0 Å². The Hall–Kier alpha value is -1.83. The second-order valence-corrected chi connectivity index (χ2v) is 6.23. The first-order valence-electron chi connectivity index (χ1n) is 6.63. The molecular weight excluding hydrogens is 278 g/mol. The maximum Gasteiger partial charge on any atom is 0.265 e. The largest absolute Gasteiger partial charge is 0.382 e. The summed E-state index contributed by atoms with van der Waals surface area (Å²) in [6.07, 6.45) is 2.89. The van der Waals surface area contributed by atoms with Gasteiger partial charge in [0, 0.05) is 19.6 Å². The molecule has 1 unspecified atom stereocenters. The molecule has 1 aromatic heterocycles. The average molecular weight is 295 g/mol. The minimum absolute atomic E-state index is 0.0576. The fourth-order valence-electron chi connectivity index (χ4n) is 2.14. The van der Waals surface area contributed by atoms with Crippen molar-refractivity contribution in [3.63, 3.8) is 0 Å². The van der Waals surface area contributed by atoms with Gasteiger partial charge in [0.1, 0.15) is 16.7 Å². The lowest BCUT2D eigenvalue weighted by molar-refractivity contribution is -0.128. The van der Waals surface area contributed by atoms with Crippen molar-refractivity contribution in [2.45, 2.75) is 31.3 Å². The number of hydrogen-bond donors (Lipinski definition) is 3. The maximum absolute atomic E-state index is 12.2. The molecule has 0 radical (unpaired) electrons. The van der Waals surface area contributed by atoms with Gasteiger partial charge in [-0.2, -0.15) is 0 Å². The van der Waals surface area contributed by atoms with Crippen LogP contribution in [0.5, 0.6) is 0 Å². The molecule has 2 heterocycles. The molecule has 1 aliphatic carbocycles. The highest BCUT2D eigenvalue weighted by Crippen LogP contribution is 2.30. The van der Waals surface area contributed by atoms with Crippen molar-refractivity contribution < 1.29 is 9.59 Å². The summed E-state index contributed by atoms with van der Waals surface area (Å²) < 4.78 is 0. The predicted octanol–water partition coefficient (Wildman–Crippen LogP) is 0.260. The SMILES string of the molecule is CN1CCC(NC(=O)c2sc(NC3CC3)nc2N)C1=O. The zero-order valence-corrected chi connectivity index (χ0v) is 12.0. The Kier molecular flexibility index (Phi) is 3.25. The van der Waals surface area contributed by atoms with E-state index in [1.165, 1.54) is 11.3 Å². The number of thiazole rings is 1. The lowest BCUT2D eigenvalue weighted by atomic mass is 10.2. The number of carbonyl (C=O) groups excluding carboxylic acids is 2. The Morgan fingerprint density at radius 2 is 2.20 bits per heavy atom. The number of nitrogens with zero attached hydrogens (tertiary/aromatic N) is 2. The number of hydrogen-bond acceptors (Lipinski definition) is 6. The summed E-state index contributed by atoms with van der Waals surface area (Å²) in [4.78, 5) is 30.1. The third-order valence-electron chi connectivity index (χ3n) is 3.50. The van der Waals surface area contributed by atoms with Crippen LogP contribution in [0, 0.1) is 0 Å². The van der Waals surface area contributed by atoms with E-state index >= 15 is 0 Å². The Balaban J connectivity index is 1.67. The number of amides is 2. The highest BCUT2D eigenvalue weighted by molar-refractivity contribution is 7.18. The van der Waals surface area contributed by atoms with E-state index in [4.69, 9.17) is 5.73 Å². The summed E-state index contributed by atoms with van der Waals surface area (Å²) in [5.41, 5.74) is 5.78. The van der Waals surface area contributed by atoms with Gasteiger partial charge >= 0.3 is 0 Å². The number of nitrogens with one attached hydrogen (secondary N) is 2. The minimum atomic E-state index is -0.450. The number of nitrogens with two attached hydrogens (primary N) is 1. The van der Waals surface area contributed by atoms with E-state index in [9.17, 15) is 9.59 Å². The molecule has 2 amide bonds. The van der Waals surface area contributed by atoms with Gasteiger partial charge in [-0.25, -0.2) is 4.98 Å². The molecule has 2 fully saturated rings. The van der Waals surface area contributed by atoms with Crippen LogP contribution >= 0.6 is 11.3 Å². The van der Waals surface area contributed by atoms with Crippen LogP contribution in [0.2, 0.25) is 0 Å². The molecule has 1 saturated carbocycles. The number of rotatable bonds is 4. The molecule has 8 heteroatoms. The van der Waals surface area contributed by atoms with Gasteiger partial charge in [-0.1, -0.05) is 11.3 Å². The van der Waals surface area contributed by atoms with Crippen molar-refractivity contribution in [2.24, 2.45) is 0 Å². The molecule has 3 rings (SSSR count). The molecule has 2 aliphatic rings. The Bertz CT molecular complexity index is 554. The van der Waals surface area contributed by atoms with E-state index in [2.05, 4.69) is 15.6 Å². The van der Waals surface area contributed by atoms with E-state index in [1.807, 2.05) is 0 Å². The summed E-state index contributed by atoms with van der Waals surface area (Å²) in [5, 5.41) is 6.62. The molecule has 4 N–H and O–H groups in total. The quantitative estimate of drug-likeness (QED) is 0.740. The fraction of sp³-hybridized carbons (Fsp3) is 0.583. The average Bonchev–Trinajstić information content (AvgIpc) is 3.07. The van der Waals surface area contributed by atoms with Gasteiger partial charge in [-0.15, -0.1) is 0 Å². The van der Waals surface area contributed by atoms with E-state index in [0.29, 0.717) is 29.0 Å². The number of likely N-dealkylation sites (N-methyl/N-ethyl adjacent to an activating group) is 1. The fourth-order valence-corrected chi connectivity index (χ4v) is 3.00. The van der Waals surface area contributed by atoms with E-state index in [1.54, 1.807) is 11.9 Å². The van der Waals surface area contributed by atoms with Crippen LogP contribution in [-0.4, -0.2) is 47.4 Å². The molecule has 108 valence electrons.